The Morgan fingerprint density at radius 1 is 1.15 bits per heavy atom. The molecule has 0 aromatic heterocycles. The number of aliphatic hydroxyl groups excluding tert-OH is 1. The highest BCUT2D eigenvalue weighted by Crippen LogP contribution is 2.60. The molecule has 2 heteroatoms. The summed E-state index contributed by atoms with van der Waals surface area (Å²) in [5, 5.41) is 11.3. The van der Waals surface area contributed by atoms with Crippen molar-refractivity contribution in [3.8, 4) is 0 Å². The van der Waals surface area contributed by atoms with Gasteiger partial charge in [0.15, 0.2) is 0 Å². The summed E-state index contributed by atoms with van der Waals surface area (Å²) in [4.78, 5) is 0. The molecule has 0 aromatic rings. The van der Waals surface area contributed by atoms with E-state index in [1.165, 1.54) is 32.1 Å². The van der Waals surface area contributed by atoms with E-state index in [0.29, 0.717) is 5.92 Å². The Bertz CT molecular complexity index is 214. The first-order valence-electron chi connectivity index (χ1n) is 5.47. The number of aliphatic hydroxyl groups is 1. The van der Waals surface area contributed by atoms with Crippen LogP contribution in [0.3, 0.4) is 0 Å². The normalized spacial score (nSPS) is 58.6. The Morgan fingerprint density at radius 3 is 2.31 bits per heavy atom. The maximum atomic E-state index is 10.2. The van der Waals surface area contributed by atoms with E-state index in [1.54, 1.807) is 0 Å². The highest BCUT2D eigenvalue weighted by atomic mass is 79.9. The van der Waals surface area contributed by atoms with Gasteiger partial charge in [-0.2, -0.15) is 0 Å². The molecule has 1 N–H and O–H groups in total. The summed E-state index contributed by atoms with van der Waals surface area (Å²) < 4.78 is 0. The van der Waals surface area contributed by atoms with Crippen molar-refractivity contribution < 1.29 is 5.11 Å². The lowest BCUT2D eigenvalue weighted by atomic mass is 9.49. The van der Waals surface area contributed by atoms with Crippen molar-refractivity contribution in [2.75, 3.05) is 5.33 Å². The van der Waals surface area contributed by atoms with Gasteiger partial charge in [0.2, 0.25) is 0 Å². The molecule has 4 aliphatic carbocycles. The van der Waals surface area contributed by atoms with E-state index in [0.717, 1.165) is 17.2 Å². The van der Waals surface area contributed by atoms with Crippen molar-refractivity contribution in [1.29, 1.82) is 0 Å². The molecule has 0 heterocycles. The third kappa shape index (κ3) is 1.08. The van der Waals surface area contributed by atoms with Crippen LogP contribution in [-0.2, 0) is 0 Å². The van der Waals surface area contributed by atoms with E-state index in [4.69, 9.17) is 0 Å². The number of hydrogen-bond donors (Lipinski definition) is 1. The molecule has 3 unspecified atom stereocenters. The molecule has 0 amide bonds. The second-order valence-corrected chi connectivity index (χ2v) is 6.11. The lowest BCUT2D eigenvalue weighted by molar-refractivity contribution is -0.142. The van der Waals surface area contributed by atoms with Crippen LogP contribution in [0, 0.1) is 23.2 Å². The van der Waals surface area contributed by atoms with Crippen LogP contribution >= 0.6 is 15.9 Å². The summed E-state index contributed by atoms with van der Waals surface area (Å²) in [6.07, 6.45) is 6.65. The third-order valence-corrected chi connectivity index (χ3v) is 5.79. The molecule has 74 valence electrons. The van der Waals surface area contributed by atoms with Crippen LogP contribution in [0.4, 0.5) is 0 Å². The van der Waals surface area contributed by atoms with Crippen molar-refractivity contribution >= 4 is 15.9 Å². The highest BCUT2D eigenvalue weighted by molar-refractivity contribution is 9.09. The van der Waals surface area contributed by atoms with E-state index in [-0.39, 0.29) is 11.5 Å². The molecule has 0 aliphatic heterocycles. The number of hydrogen-bond acceptors (Lipinski definition) is 1. The molecule has 4 saturated carbocycles. The predicted molar refractivity (Wildman–Crippen MR) is 55.8 cm³/mol. The van der Waals surface area contributed by atoms with Gasteiger partial charge in [-0.3, -0.25) is 0 Å². The zero-order valence-electron chi connectivity index (χ0n) is 7.88. The average Bonchev–Trinajstić information content (AvgIpc) is 2.12. The minimum Gasteiger partial charge on any atom is -0.392 e. The fourth-order valence-corrected chi connectivity index (χ4v) is 5.16. The Labute approximate surface area is 88.0 Å². The van der Waals surface area contributed by atoms with Crippen LogP contribution < -0.4 is 0 Å². The lowest BCUT2D eigenvalue weighted by Crippen LogP contribution is -2.56. The second kappa shape index (κ2) is 2.73. The molecule has 3 atom stereocenters. The van der Waals surface area contributed by atoms with E-state index < -0.39 is 0 Å². The van der Waals surface area contributed by atoms with Gasteiger partial charge in [-0.15, -0.1) is 0 Å². The maximum absolute atomic E-state index is 10.2. The summed E-state index contributed by atoms with van der Waals surface area (Å²) >= 11 is 3.62. The van der Waals surface area contributed by atoms with Crippen LogP contribution in [0.1, 0.15) is 32.1 Å². The van der Waals surface area contributed by atoms with Crippen LogP contribution in [0.5, 0.6) is 0 Å². The largest absolute Gasteiger partial charge is 0.392 e. The van der Waals surface area contributed by atoms with Gasteiger partial charge < -0.3 is 5.11 Å². The van der Waals surface area contributed by atoms with Crippen molar-refractivity contribution in [2.45, 2.75) is 38.2 Å². The Morgan fingerprint density at radius 2 is 1.77 bits per heavy atom. The highest BCUT2D eigenvalue weighted by Gasteiger charge is 2.55. The fraction of sp³-hybridized carbons (Fsp3) is 1.00. The SMILES string of the molecule is OC1C2CC3CC(C2)CC1(CBr)C3. The summed E-state index contributed by atoms with van der Waals surface area (Å²) in [6, 6.07) is 0. The lowest BCUT2D eigenvalue weighted by Gasteiger charge is -2.59. The second-order valence-electron chi connectivity index (χ2n) is 5.55. The molecule has 0 radical (unpaired) electrons. The fourth-order valence-electron chi connectivity index (χ4n) is 4.37. The first kappa shape index (κ1) is 8.72. The number of rotatable bonds is 1. The molecule has 4 rings (SSSR count). The van der Waals surface area contributed by atoms with E-state index in [9.17, 15) is 5.11 Å². The van der Waals surface area contributed by atoms with Crippen LogP contribution in [0.15, 0.2) is 0 Å². The summed E-state index contributed by atoms with van der Waals surface area (Å²) in [5.41, 5.74) is 0.273. The van der Waals surface area contributed by atoms with E-state index in [2.05, 4.69) is 15.9 Å². The predicted octanol–water partition coefficient (Wildman–Crippen LogP) is 2.57. The molecular formula is C11H17BrO. The third-order valence-electron chi connectivity index (χ3n) is 4.67. The average molecular weight is 245 g/mol. The van der Waals surface area contributed by atoms with Gasteiger partial charge in [-0.1, -0.05) is 15.9 Å². The van der Waals surface area contributed by atoms with Gasteiger partial charge >= 0.3 is 0 Å². The van der Waals surface area contributed by atoms with Gasteiger partial charge in [0.05, 0.1) is 6.10 Å². The smallest absolute Gasteiger partial charge is 0.0632 e. The number of alkyl halides is 1. The van der Waals surface area contributed by atoms with E-state index in [1.807, 2.05) is 0 Å². The standard InChI is InChI=1S/C11H17BrO/c12-6-11-4-7-1-8(5-11)3-9(2-7)10(11)13/h7-10,13H,1-6H2. The molecule has 0 aromatic carbocycles. The minimum absolute atomic E-state index is 0.000301. The van der Waals surface area contributed by atoms with Crippen molar-refractivity contribution in [1.82, 2.24) is 0 Å². The first-order chi connectivity index (χ1) is 6.23. The minimum atomic E-state index is -0.000301. The summed E-state index contributed by atoms with van der Waals surface area (Å²) in [7, 11) is 0. The van der Waals surface area contributed by atoms with Gasteiger partial charge in [-0.05, 0) is 49.9 Å². The Balaban J connectivity index is 1.95. The Hall–Kier alpha value is 0.440. The molecule has 13 heavy (non-hydrogen) atoms. The van der Waals surface area contributed by atoms with Gasteiger partial charge in [0.1, 0.15) is 0 Å². The first-order valence-corrected chi connectivity index (χ1v) is 6.60. The molecule has 4 fully saturated rings. The maximum Gasteiger partial charge on any atom is 0.0632 e. The van der Waals surface area contributed by atoms with Crippen molar-refractivity contribution in [3.05, 3.63) is 0 Å². The Kier molecular flexibility index (Phi) is 1.83. The van der Waals surface area contributed by atoms with Crippen molar-refractivity contribution in [2.24, 2.45) is 23.2 Å². The van der Waals surface area contributed by atoms with Gasteiger partial charge in [0, 0.05) is 10.7 Å². The zero-order chi connectivity index (χ0) is 9.05. The summed E-state index contributed by atoms with van der Waals surface area (Å²) in [5.74, 6) is 2.53. The molecule has 4 bridgehead atoms. The molecule has 0 spiro atoms. The van der Waals surface area contributed by atoms with Gasteiger partial charge in [0.25, 0.3) is 0 Å². The molecule has 0 saturated heterocycles. The van der Waals surface area contributed by atoms with Crippen molar-refractivity contribution in [3.63, 3.8) is 0 Å². The zero-order valence-corrected chi connectivity index (χ0v) is 9.46. The topological polar surface area (TPSA) is 20.2 Å². The monoisotopic (exact) mass is 244 g/mol. The van der Waals surface area contributed by atoms with Crippen LogP contribution in [-0.4, -0.2) is 16.5 Å². The molecule has 4 aliphatic rings. The molecular weight excluding hydrogens is 228 g/mol. The molecule has 1 nitrogen and oxygen atoms in total. The number of halogens is 1. The van der Waals surface area contributed by atoms with Gasteiger partial charge in [-0.25, -0.2) is 0 Å². The van der Waals surface area contributed by atoms with Crippen LogP contribution in [0.25, 0.3) is 0 Å². The summed E-state index contributed by atoms with van der Waals surface area (Å²) in [6.45, 7) is 0. The quantitative estimate of drug-likeness (QED) is 0.704. The van der Waals surface area contributed by atoms with E-state index >= 15 is 0 Å². The van der Waals surface area contributed by atoms with Crippen LogP contribution in [0.2, 0.25) is 0 Å².